The molecule has 5 heteroatoms. The molecule has 1 aromatic carbocycles. The van der Waals surface area contributed by atoms with Crippen molar-refractivity contribution in [2.24, 2.45) is 0 Å². The minimum Gasteiger partial charge on any atom is -0.395 e. The van der Waals surface area contributed by atoms with E-state index in [1.165, 1.54) is 0 Å². The van der Waals surface area contributed by atoms with Gasteiger partial charge in [0.2, 0.25) is 0 Å². The molecule has 0 amide bonds. The number of hydrogen-bond acceptors (Lipinski definition) is 2. The van der Waals surface area contributed by atoms with Gasteiger partial charge >= 0.3 is 0 Å². The number of nitrogens with one attached hydrogen (secondary N) is 1. The fraction of sp³-hybridized carbons (Fsp3) is 0.400. The summed E-state index contributed by atoms with van der Waals surface area (Å²) in [5.41, 5.74) is 0.875. The van der Waals surface area contributed by atoms with Crippen molar-refractivity contribution in [1.29, 1.82) is 0 Å². The lowest BCUT2D eigenvalue weighted by molar-refractivity contribution is 0.286. The highest BCUT2D eigenvalue weighted by atomic mass is 35.5. The third-order valence-electron chi connectivity index (χ3n) is 2.09. The molecular weight excluding hydrogens is 256 g/mol. The van der Waals surface area contributed by atoms with Crippen molar-refractivity contribution >= 4 is 34.8 Å². The molecule has 0 aromatic heterocycles. The van der Waals surface area contributed by atoms with E-state index in [1.54, 1.807) is 6.07 Å². The third-order valence-corrected chi connectivity index (χ3v) is 3.40. The quantitative estimate of drug-likeness (QED) is 0.821. The second-order valence-electron chi connectivity index (χ2n) is 3.16. The molecule has 0 aliphatic carbocycles. The van der Waals surface area contributed by atoms with Gasteiger partial charge in [0, 0.05) is 12.6 Å². The molecule has 0 aliphatic heterocycles. The fourth-order valence-electron chi connectivity index (χ4n) is 1.27. The fourth-order valence-corrected chi connectivity index (χ4v) is 1.97. The van der Waals surface area contributed by atoms with Crippen LogP contribution in [0.15, 0.2) is 12.1 Å². The van der Waals surface area contributed by atoms with E-state index in [9.17, 15) is 0 Å². The Kier molecular flexibility index (Phi) is 5.16. The summed E-state index contributed by atoms with van der Waals surface area (Å²) < 4.78 is 0. The summed E-state index contributed by atoms with van der Waals surface area (Å²) >= 11 is 17.8. The zero-order valence-electron chi connectivity index (χ0n) is 8.23. The van der Waals surface area contributed by atoms with Crippen LogP contribution in [0.1, 0.15) is 18.5 Å². The molecule has 1 aromatic rings. The monoisotopic (exact) mass is 267 g/mol. The van der Waals surface area contributed by atoms with Gasteiger partial charge in [-0.05, 0) is 18.6 Å². The molecule has 0 bridgehead atoms. The maximum Gasteiger partial charge on any atom is 0.0781 e. The van der Waals surface area contributed by atoms with Crippen molar-refractivity contribution in [3.8, 4) is 0 Å². The molecule has 0 fully saturated rings. The van der Waals surface area contributed by atoms with Gasteiger partial charge in [0.25, 0.3) is 0 Å². The SMILES string of the molecule is CC(NCCO)c1ccc(Cl)c(Cl)c1Cl. The first-order chi connectivity index (χ1) is 7.07. The van der Waals surface area contributed by atoms with Crippen LogP contribution >= 0.6 is 34.8 Å². The molecule has 1 unspecified atom stereocenters. The Balaban J connectivity index is 2.90. The largest absolute Gasteiger partial charge is 0.395 e. The lowest BCUT2D eigenvalue weighted by Crippen LogP contribution is -2.22. The lowest BCUT2D eigenvalue weighted by Gasteiger charge is -2.16. The van der Waals surface area contributed by atoms with Crippen LogP contribution in [0.2, 0.25) is 15.1 Å². The number of halogens is 3. The Morgan fingerprint density at radius 3 is 2.53 bits per heavy atom. The standard InChI is InChI=1S/C10H12Cl3NO/c1-6(14-4-5-15)7-2-3-8(11)10(13)9(7)12/h2-3,6,14-15H,4-5H2,1H3. The van der Waals surface area contributed by atoms with Crippen LogP contribution in [0.25, 0.3) is 0 Å². The highest BCUT2D eigenvalue weighted by Gasteiger charge is 2.13. The molecule has 0 saturated carbocycles. The minimum atomic E-state index is 0.0272. The van der Waals surface area contributed by atoms with Gasteiger partial charge in [-0.2, -0.15) is 0 Å². The van der Waals surface area contributed by atoms with Crippen molar-refractivity contribution in [3.05, 3.63) is 32.8 Å². The first-order valence-corrected chi connectivity index (χ1v) is 5.69. The molecule has 1 atom stereocenters. The molecule has 0 saturated heterocycles. The summed E-state index contributed by atoms with van der Waals surface area (Å²) in [5.74, 6) is 0. The molecule has 15 heavy (non-hydrogen) atoms. The number of aliphatic hydroxyl groups excluding tert-OH is 1. The topological polar surface area (TPSA) is 32.3 Å². The highest BCUT2D eigenvalue weighted by Crippen LogP contribution is 2.35. The van der Waals surface area contributed by atoms with Crippen molar-refractivity contribution in [2.75, 3.05) is 13.2 Å². The first-order valence-electron chi connectivity index (χ1n) is 4.55. The van der Waals surface area contributed by atoms with Crippen molar-refractivity contribution in [1.82, 2.24) is 5.32 Å². The van der Waals surface area contributed by atoms with Gasteiger partial charge in [-0.25, -0.2) is 0 Å². The zero-order valence-corrected chi connectivity index (χ0v) is 10.5. The predicted molar refractivity (Wildman–Crippen MR) is 65.0 cm³/mol. The van der Waals surface area contributed by atoms with E-state index in [0.717, 1.165) is 5.56 Å². The molecule has 1 rings (SSSR count). The summed E-state index contributed by atoms with van der Waals surface area (Å²) in [6, 6.07) is 3.56. The molecule has 2 nitrogen and oxygen atoms in total. The molecule has 0 spiro atoms. The number of benzene rings is 1. The molecule has 2 N–H and O–H groups in total. The van der Waals surface area contributed by atoms with E-state index in [4.69, 9.17) is 39.9 Å². The lowest BCUT2D eigenvalue weighted by atomic mass is 10.1. The molecule has 0 heterocycles. The van der Waals surface area contributed by atoms with E-state index >= 15 is 0 Å². The summed E-state index contributed by atoms with van der Waals surface area (Å²) in [6.07, 6.45) is 0. The van der Waals surface area contributed by atoms with Gasteiger partial charge in [0.05, 0.1) is 21.7 Å². The predicted octanol–water partition coefficient (Wildman–Crippen LogP) is 3.29. The van der Waals surface area contributed by atoms with Gasteiger partial charge < -0.3 is 10.4 Å². The molecule has 84 valence electrons. The zero-order chi connectivity index (χ0) is 11.4. The maximum atomic E-state index is 8.69. The van der Waals surface area contributed by atoms with Crippen LogP contribution in [-0.4, -0.2) is 18.3 Å². The van der Waals surface area contributed by atoms with Gasteiger partial charge in [0.1, 0.15) is 0 Å². The van der Waals surface area contributed by atoms with Gasteiger partial charge in [-0.15, -0.1) is 0 Å². The molecular formula is C10H12Cl3NO. The average molecular weight is 269 g/mol. The van der Waals surface area contributed by atoms with Gasteiger partial charge in [-0.3, -0.25) is 0 Å². The van der Waals surface area contributed by atoms with Gasteiger partial charge in [-0.1, -0.05) is 40.9 Å². The van der Waals surface area contributed by atoms with Crippen LogP contribution in [0.3, 0.4) is 0 Å². The normalized spacial score (nSPS) is 12.9. The van der Waals surface area contributed by atoms with E-state index in [-0.39, 0.29) is 12.6 Å². The van der Waals surface area contributed by atoms with E-state index in [1.807, 2.05) is 13.0 Å². The number of hydrogen-bond donors (Lipinski definition) is 2. The number of rotatable bonds is 4. The van der Waals surface area contributed by atoms with Crippen molar-refractivity contribution in [3.63, 3.8) is 0 Å². The Morgan fingerprint density at radius 2 is 1.93 bits per heavy atom. The smallest absolute Gasteiger partial charge is 0.0781 e. The van der Waals surface area contributed by atoms with Crippen LogP contribution in [0, 0.1) is 0 Å². The van der Waals surface area contributed by atoms with Gasteiger partial charge in [0.15, 0.2) is 0 Å². The summed E-state index contributed by atoms with van der Waals surface area (Å²) in [6.45, 7) is 2.54. The van der Waals surface area contributed by atoms with Crippen LogP contribution in [-0.2, 0) is 0 Å². The summed E-state index contributed by atoms with van der Waals surface area (Å²) in [7, 11) is 0. The van der Waals surface area contributed by atoms with Crippen LogP contribution < -0.4 is 5.32 Å². The molecule has 0 radical (unpaired) electrons. The Morgan fingerprint density at radius 1 is 1.27 bits per heavy atom. The Labute approximate surface area is 104 Å². The Bertz CT molecular complexity index is 344. The summed E-state index contributed by atoms with van der Waals surface area (Å²) in [5, 5.41) is 13.1. The van der Waals surface area contributed by atoms with Crippen molar-refractivity contribution < 1.29 is 5.11 Å². The Hall–Kier alpha value is 0.01000. The average Bonchev–Trinajstić information content (AvgIpc) is 2.23. The number of aliphatic hydroxyl groups is 1. The van der Waals surface area contributed by atoms with E-state index in [0.29, 0.717) is 21.6 Å². The third kappa shape index (κ3) is 3.23. The van der Waals surface area contributed by atoms with Crippen LogP contribution in [0.4, 0.5) is 0 Å². The molecule has 0 aliphatic rings. The van der Waals surface area contributed by atoms with Crippen molar-refractivity contribution in [2.45, 2.75) is 13.0 Å². The minimum absolute atomic E-state index is 0.0272. The summed E-state index contributed by atoms with van der Waals surface area (Å²) in [4.78, 5) is 0. The second-order valence-corrected chi connectivity index (χ2v) is 4.33. The second kappa shape index (κ2) is 5.92. The highest BCUT2D eigenvalue weighted by molar-refractivity contribution is 6.48. The maximum absolute atomic E-state index is 8.69. The van der Waals surface area contributed by atoms with E-state index in [2.05, 4.69) is 5.32 Å². The van der Waals surface area contributed by atoms with E-state index < -0.39 is 0 Å². The van der Waals surface area contributed by atoms with Crippen LogP contribution in [0.5, 0.6) is 0 Å². The first kappa shape index (κ1) is 13.1.